The molecule has 1 aliphatic rings. The molecule has 0 bridgehead atoms. The molecule has 2 aromatic carbocycles. The monoisotopic (exact) mass is 411 g/mol. The number of nitrogens with zero attached hydrogens (tertiary/aromatic N) is 1. The zero-order chi connectivity index (χ0) is 21.3. The van der Waals surface area contributed by atoms with Crippen molar-refractivity contribution in [2.45, 2.75) is 19.4 Å². The summed E-state index contributed by atoms with van der Waals surface area (Å²) in [6.07, 6.45) is 0.857. The van der Waals surface area contributed by atoms with Crippen molar-refractivity contribution in [3.05, 3.63) is 75.4 Å². The number of methoxy groups -OCH3 is 1. The van der Waals surface area contributed by atoms with Gasteiger partial charge in [0, 0.05) is 13.7 Å². The largest absolute Gasteiger partial charge is 0.494 e. The van der Waals surface area contributed by atoms with Gasteiger partial charge in [0.05, 0.1) is 30.2 Å². The second kappa shape index (κ2) is 8.28. The summed E-state index contributed by atoms with van der Waals surface area (Å²) in [7, 11) is 1.54. The summed E-state index contributed by atoms with van der Waals surface area (Å²) in [6.45, 7) is 3.14. The van der Waals surface area contributed by atoms with Gasteiger partial charge in [-0.15, -0.1) is 0 Å². The second-order valence-corrected chi connectivity index (χ2v) is 7.13. The maximum atomic E-state index is 13.8. The van der Waals surface area contributed by atoms with Crippen molar-refractivity contribution in [2.24, 2.45) is 0 Å². The molecule has 3 aromatic rings. The molecule has 30 heavy (non-hydrogen) atoms. The van der Waals surface area contributed by atoms with Gasteiger partial charge in [0.1, 0.15) is 17.1 Å². The molecule has 2 heterocycles. The molecule has 0 fully saturated rings. The SMILES string of the molecule is CCCOc1cccc([C@@H]2c3c(oc4ccc(F)cc4c3=O)C(=O)N2CCOC)c1. The van der Waals surface area contributed by atoms with Crippen LogP contribution in [0.1, 0.15) is 41.1 Å². The standard InChI is InChI=1S/C23H22FNO5/c1-3-10-29-16-6-4-5-14(12-16)20-19-21(26)17-13-15(24)7-8-18(17)30-22(19)23(27)25(20)9-11-28-2/h4-8,12-13,20H,3,9-11H2,1-2H3/t20-/m1/s1. The number of ether oxygens (including phenoxy) is 2. The normalized spacial score (nSPS) is 15.6. The highest BCUT2D eigenvalue weighted by molar-refractivity contribution is 5.99. The topological polar surface area (TPSA) is 69.0 Å². The first-order valence-corrected chi connectivity index (χ1v) is 9.84. The second-order valence-electron chi connectivity index (χ2n) is 7.13. The first-order chi connectivity index (χ1) is 14.5. The van der Waals surface area contributed by atoms with Crippen molar-refractivity contribution in [1.29, 1.82) is 0 Å². The van der Waals surface area contributed by atoms with Crippen LogP contribution in [-0.2, 0) is 4.74 Å². The van der Waals surface area contributed by atoms with Crippen LogP contribution in [0.5, 0.6) is 5.75 Å². The van der Waals surface area contributed by atoms with E-state index in [0.717, 1.165) is 18.1 Å². The molecule has 1 aliphatic heterocycles. The Labute approximate surface area is 172 Å². The number of halogens is 1. The van der Waals surface area contributed by atoms with Gasteiger partial charge in [-0.3, -0.25) is 9.59 Å². The van der Waals surface area contributed by atoms with Crippen molar-refractivity contribution in [1.82, 2.24) is 4.90 Å². The van der Waals surface area contributed by atoms with Gasteiger partial charge in [-0.1, -0.05) is 19.1 Å². The highest BCUT2D eigenvalue weighted by atomic mass is 19.1. The predicted octanol–water partition coefficient (Wildman–Crippen LogP) is 3.91. The maximum Gasteiger partial charge on any atom is 0.290 e. The minimum Gasteiger partial charge on any atom is -0.494 e. The Bertz CT molecular complexity index is 1160. The van der Waals surface area contributed by atoms with Crippen molar-refractivity contribution in [2.75, 3.05) is 26.9 Å². The molecule has 0 radical (unpaired) electrons. The fourth-order valence-corrected chi connectivity index (χ4v) is 3.75. The lowest BCUT2D eigenvalue weighted by Crippen LogP contribution is -2.32. The van der Waals surface area contributed by atoms with Crippen LogP contribution < -0.4 is 10.2 Å². The van der Waals surface area contributed by atoms with Crippen molar-refractivity contribution in [3.8, 4) is 5.75 Å². The van der Waals surface area contributed by atoms with Crippen LogP contribution in [0, 0.1) is 5.82 Å². The van der Waals surface area contributed by atoms with Crippen LogP contribution >= 0.6 is 0 Å². The average molecular weight is 411 g/mol. The number of hydrogen-bond acceptors (Lipinski definition) is 5. The quantitative estimate of drug-likeness (QED) is 0.590. The van der Waals surface area contributed by atoms with Gasteiger partial charge in [0.2, 0.25) is 5.76 Å². The number of hydrogen-bond donors (Lipinski definition) is 0. The number of carbonyl (C=O) groups excluding carboxylic acids is 1. The Kier molecular flexibility index (Phi) is 5.55. The van der Waals surface area contributed by atoms with Gasteiger partial charge < -0.3 is 18.8 Å². The Hall–Kier alpha value is -3.19. The summed E-state index contributed by atoms with van der Waals surface area (Å²) in [5, 5.41) is 0.110. The highest BCUT2D eigenvalue weighted by Gasteiger charge is 2.42. The number of carbonyl (C=O) groups is 1. The van der Waals surface area contributed by atoms with E-state index < -0.39 is 23.2 Å². The molecule has 1 amide bonds. The first kappa shape index (κ1) is 20.1. The van der Waals surface area contributed by atoms with E-state index in [-0.39, 0.29) is 28.8 Å². The number of fused-ring (bicyclic) bond motifs is 2. The molecule has 0 N–H and O–H groups in total. The van der Waals surface area contributed by atoms with Crippen LogP contribution in [0.4, 0.5) is 4.39 Å². The minimum atomic E-state index is -0.670. The summed E-state index contributed by atoms with van der Waals surface area (Å²) in [6, 6.07) is 10.3. The molecule has 0 spiro atoms. The van der Waals surface area contributed by atoms with Crippen molar-refractivity contribution < 1.29 is 23.1 Å². The molecule has 0 aliphatic carbocycles. The van der Waals surface area contributed by atoms with Gasteiger partial charge in [-0.25, -0.2) is 4.39 Å². The van der Waals surface area contributed by atoms with Crippen LogP contribution in [-0.4, -0.2) is 37.7 Å². The molecule has 0 saturated heterocycles. The molecule has 7 heteroatoms. The molecule has 0 unspecified atom stereocenters. The number of benzene rings is 2. The van der Waals surface area contributed by atoms with E-state index in [0.29, 0.717) is 19.0 Å². The zero-order valence-corrected chi connectivity index (χ0v) is 16.8. The summed E-state index contributed by atoms with van der Waals surface area (Å²) in [5.41, 5.74) is 0.696. The van der Waals surface area contributed by atoms with Crippen molar-refractivity contribution in [3.63, 3.8) is 0 Å². The maximum absolute atomic E-state index is 13.8. The van der Waals surface area contributed by atoms with E-state index in [9.17, 15) is 14.0 Å². The lowest BCUT2D eigenvalue weighted by atomic mass is 9.98. The average Bonchev–Trinajstić information content (AvgIpc) is 3.03. The molecular weight excluding hydrogens is 389 g/mol. The summed E-state index contributed by atoms with van der Waals surface area (Å²) in [4.78, 5) is 28.0. The molecule has 6 nitrogen and oxygen atoms in total. The molecule has 4 rings (SSSR count). The molecule has 0 saturated carbocycles. The first-order valence-electron chi connectivity index (χ1n) is 9.84. The number of rotatable bonds is 7. The molecule has 1 atom stereocenters. The van der Waals surface area contributed by atoms with E-state index >= 15 is 0 Å². The van der Waals surface area contributed by atoms with E-state index in [1.165, 1.54) is 12.1 Å². The van der Waals surface area contributed by atoms with Gasteiger partial charge >= 0.3 is 0 Å². The van der Waals surface area contributed by atoms with E-state index in [1.807, 2.05) is 31.2 Å². The molecule has 156 valence electrons. The Morgan fingerprint density at radius 2 is 1.97 bits per heavy atom. The van der Waals surface area contributed by atoms with Gasteiger partial charge in [0.15, 0.2) is 5.43 Å². The van der Waals surface area contributed by atoms with Gasteiger partial charge in [-0.05, 0) is 42.3 Å². The van der Waals surface area contributed by atoms with Gasteiger partial charge in [0.25, 0.3) is 5.91 Å². The summed E-state index contributed by atoms with van der Waals surface area (Å²) in [5.74, 6) is -0.296. The third-order valence-corrected chi connectivity index (χ3v) is 5.11. The smallest absolute Gasteiger partial charge is 0.290 e. The Morgan fingerprint density at radius 1 is 1.13 bits per heavy atom. The van der Waals surface area contributed by atoms with Crippen LogP contribution in [0.2, 0.25) is 0 Å². The fraction of sp³-hybridized carbons (Fsp3) is 0.304. The third kappa shape index (κ3) is 3.45. The molecular formula is C23H22FNO5. The number of amides is 1. The van der Waals surface area contributed by atoms with Crippen molar-refractivity contribution >= 4 is 16.9 Å². The minimum absolute atomic E-state index is 0.0138. The van der Waals surface area contributed by atoms with Crippen LogP contribution in [0.25, 0.3) is 11.0 Å². The van der Waals surface area contributed by atoms with E-state index in [4.69, 9.17) is 13.9 Å². The highest BCUT2D eigenvalue weighted by Crippen LogP contribution is 2.38. The molecule has 1 aromatic heterocycles. The lowest BCUT2D eigenvalue weighted by Gasteiger charge is -2.25. The van der Waals surface area contributed by atoms with Crippen LogP contribution in [0.15, 0.2) is 51.7 Å². The summed E-state index contributed by atoms with van der Waals surface area (Å²) < 4.78 is 30.5. The lowest BCUT2D eigenvalue weighted by molar-refractivity contribution is 0.0663. The third-order valence-electron chi connectivity index (χ3n) is 5.11. The fourth-order valence-electron chi connectivity index (χ4n) is 3.75. The van der Waals surface area contributed by atoms with Crippen LogP contribution in [0.3, 0.4) is 0 Å². The predicted molar refractivity (Wildman–Crippen MR) is 109 cm³/mol. The van der Waals surface area contributed by atoms with E-state index in [1.54, 1.807) is 12.0 Å². The van der Waals surface area contributed by atoms with E-state index in [2.05, 4.69) is 0 Å². The Balaban J connectivity index is 1.90. The Morgan fingerprint density at radius 3 is 2.73 bits per heavy atom. The van der Waals surface area contributed by atoms with Gasteiger partial charge in [-0.2, -0.15) is 0 Å². The summed E-state index contributed by atoms with van der Waals surface area (Å²) >= 11 is 0. The zero-order valence-electron chi connectivity index (χ0n) is 16.8.